The number of fused-ring (bicyclic) bond motifs is 1. The number of aryl methyl sites for hydroxylation is 1. The van der Waals surface area contributed by atoms with Gasteiger partial charge < -0.3 is 5.11 Å². The van der Waals surface area contributed by atoms with Crippen LogP contribution < -0.4 is 0 Å². The van der Waals surface area contributed by atoms with Crippen LogP contribution in [0.4, 0.5) is 0 Å². The van der Waals surface area contributed by atoms with E-state index in [9.17, 15) is 5.11 Å². The van der Waals surface area contributed by atoms with Gasteiger partial charge in [0.2, 0.25) is 0 Å². The zero-order valence-corrected chi connectivity index (χ0v) is 40.0. The van der Waals surface area contributed by atoms with Crippen molar-refractivity contribution in [2.45, 2.75) is 85.2 Å². The van der Waals surface area contributed by atoms with E-state index < -0.39 is 38.2 Å². The largest absolute Gasteiger partial charge is 0.507 e. The molecule has 9 rings (SSSR count). The summed E-state index contributed by atoms with van der Waals surface area (Å²) in [7, 11) is 0. The van der Waals surface area contributed by atoms with Gasteiger partial charge in [0.1, 0.15) is 11.6 Å². The van der Waals surface area contributed by atoms with E-state index in [1.165, 1.54) is 24.3 Å². The van der Waals surface area contributed by atoms with Crippen molar-refractivity contribution in [1.29, 1.82) is 0 Å². The van der Waals surface area contributed by atoms with Crippen LogP contribution in [-0.4, -0.2) is 19.6 Å². The number of hydrogen-bond donors (Lipinski definition) is 1. The molecule has 0 atom stereocenters. The maximum Gasteiger partial charge on any atom is 0.148 e. The minimum absolute atomic E-state index is 0. The molecular formula is C61H58N3OPt-. The number of nitrogens with zero attached hydrogens (tertiary/aromatic N) is 3. The molecule has 0 saturated heterocycles. The first-order valence-electron chi connectivity index (χ1n) is 27.7. The van der Waals surface area contributed by atoms with Gasteiger partial charge in [-0.2, -0.15) is 0 Å². The summed E-state index contributed by atoms with van der Waals surface area (Å²) in [5.74, 6) is 0.375. The van der Waals surface area contributed by atoms with Gasteiger partial charge in [-0.1, -0.05) is 194 Å². The molecule has 2 aromatic heterocycles. The number of aromatic nitrogens is 3. The minimum atomic E-state index is -3.40. The van der Waals surface area contributed by atoms with Gasteiger partial charge in [0, 0.05) is 55.0 Å². The molecule has 334 valence electrons. The molecule has 0 bridgehead atoms. The molecule has 0 unspecified atom stereocenters. The molecule has 0 aliphatic rings. The molecule has 5 heteroatoms. The van der Waals surface area contributed by atoms with Crippen LogP contribution in [0.3, 0.4) is 0 Å². The fourth-order valence-electron chi connectivity index (χ4n) is 8.41. The Kier molecular flexibility index (Phi) is 8.94. The maximum atomic E-state index is 12.5. The topological polar surface area (TPSA) is 50.9 Å². The molecule has 0 amide bonds. The molecular weight excluding hydrogens is 986 g/mol. The first kappa shape index (κ1) is 33.2. The number of hydrogen-bond acceptors (Lipinski definition) is 3. The molecule has 2 heterocycles. The third-order valence-electron chi connectivity index (χ3n) is 12.0. The Hall–Kier alpha value is -6.35. The third kappa shape index (κ3) is 9.09. The van der Waals surface area contributed by atoms with E-state index in [1.54, 1.807) is 18.3 Å². The fourth-order valence-corrected chi connectivity index (χ4v) is 8.41. The number of pyridine rings is 1. The van der Waals surface area contributed by atoms with Crippen molar-refractivity contribution >= 4 is 11.0 Å². The summed E-state index contributed by atoms with van der Waals surface area (Å²) in [5, 5.41) is 12.5. The molecule has 1 N–H and O–H groups in total. The van der Waals surface area contributed by atoms with Gasteiger partial charge in [0.25, 0.3) is 0 Å². The summed E-state index contributed by atoms with van der Waals surface area (Å²) in [5.41, 5.74) is 6.20. The smallest absolute Gasteiger partial charge is 0.148 e. The van der Waals surface area contributed by atoms with Crippen molar-refractivity contribution < 1.29 is 42.6 Å². The Morgan fingerprint density at radius 3 is 1.83 bits per heavy atom. The van der Waals surface area contributed by atoms with Crippen molar-refractivity contribution in [1.82, 2.24) is 14.5 Å². The fraction of sp³-hybridized carbons (Fsp3) is 0.213. The SMILES string of the molecule is [2H]C([2H])([2H])c1cc(-c2ccccc2)ccc1-n1c(-c2cc(C(C)(C)C)cc(C(C)(C)C)c2O)nc2c(-c3[c-]c(-c4cc(-c5ccc(C(C([2H])([2H])[2H])(C([2H])([2H])[2H])C([2H])([2H])[2H])cc5)ccn4)cc(-c4ccccc4)c3)cccc21.[Pt]. The van der Waals surface area contributed by atoms with Crippen molar-refractivity contribution in [3.8, 4) is 78.6 Å². The molecule has 0 aliphatic carbocycles. The molecule has 9 aromatic rings. The van der Waals surface area contributed by atoms with Crippen molar-refractivity contribution in [3.63, 3.8) is 0 Å². The predicted octanol–water partition coefficient (Wildman–Crippen LogP) is 16.1. The standard InChI is InChI=1S/C61H58N3O.Pt/c1-39-32-43(40-18-13-11-14-19-40)26-29-54(39)64-55-23-17-22-50(56(55)63-58(64)51-37-49(60(5,6)7)38-52(57(51)65)61(8,9)10)46-33-45(41-20-15-12-16-21-41)34-47(35-46)53-36-44(30-31-62-53)42-24-27-48(28-25-42)59(2,3)4;/h11-34,36-38,65H,1-10H3;/q-1;/i1D3,2D3,3D3,4D3;. The first-order valence-corrected chi connectivity index (χ1v) is 21.7. The zero-order valence-electron chi connectivity index (χ0n) is 49.7. The molecule has 7 aromatic carbocycles. The van der Waals surface area contributed by atoms with E-state index in [0.29, 0.717) is 67.2 Å². The van der Waals surface area contributed by atoms with Crippen LogP contribution in [0, 0.1) is 12.9 Å². The molecule has 0 radical (unpaired) electrons. The first-order chi connectivity index (χ1) is 35.9. The average molecular weight is 1060 g/mol. The van der Waals surface area contributed by atoms with Crippen molar-refractivity contribution in [2.24, 2.45) is 0 Å². The quantitative estimate of drug-likeness (QED) is 0.162. The van der Waals surface area contributed by atoms with E-state index in [4.69, 9.17) is 26.4 Å². The van der Waals surface area contributed by atoms with Crippen LogP contribution >= 0.6 is 0 Å². The Labute approximate surface area is 422 Å². The van der Waals surface area contributed by atoms with Gasteiger partial charge in [-0.3, -0.25) is 9.55 Å². The summed E-state index contributed by atoms with van der Waals surface area (Å²) in [6.07, 6.45) is 1.61. The van der Waals surface area contributed by atoms with Gasteiger partial charge in [0.15, 0.2) is 0 Å². The molecule has 66 heavy (non-hydrogen) atoms. The molecule has 0 saturated carbocycles. The Balaban J connectivity index is 0.00000803. The number of aromatic hydroxyl groups is 1. The van der Waals surface area contributed by atoms with Gasteiger partial charge in [0.05, 0.1) is 22.3 Å². The van der Waals surface area contributed by atoms with Crippen LogP contribution in [0.25, 0.3) is 83.9 Å². The summed E-state index contributed by atoms with van der Waals surface area (Å²) in [6.45, 7) is -0.338. The number of rotatable bonds is 7. The van der Waals surface area contributed by atoms with Crippen LogP contribution in [0.5, 0.6) is 5.75 Å². The summed E-state index contributed by atoms with van der Waals surface area (Å²) in [6, 6.07) is 51.3. The number of para-hydroxylation sites is 1. The molecule has 4 nitrogen and oxygen atoms in total. The van der Waals surface area contributed by atoms with Crippen LogP contribution in [0.15, 0.2) is 164 Å². The van der Waals surface area contributed by atoms with Crippen LogP contribution in [-0.2, 0) is 37.3 Å². The summed E-state index contributed by atoms with van der Waals surface area (Å²) < 4.78 is 103. The third-order valence-corrected chi connectivity index (χ3v) is 12.0. The van der Waals surface area contributed by atoms with E-state index in [0.717, 1.165) is 27.8 Å². The number of benzene rings is 7. The van der Waals surface area contributed by atoms with Gasteiger partial charge in [-0.25, -0.2) is 4.98 Å². The zero-order chi connectivity index (χ0) is 55.8. The maximum absolute atomic E-state index is 12.5. The summed E-state index contributed by atoms with van der Waals surface area (Å²) >= 11 is 0. The second-order valence-corrected chi connectivity index (χ2v) is 18.8. The Morgan fingerprint density at radius 2 is 1.18 bits per heavy atom. The van der Waals surface area contributed by atoms with E-state index >= 15 is 0 Å². The van der Waals surface area contributed by atoms with E-state index in [-0.39, 0.29) is 43.4 Å². The van der Waals surface area contributed by atoms with Crippen LogP contribution in [0.2, 0.25) is 0 Å². The summed E-state index contributed by atoms with van der Waals surface area (Å²) in [4.78, 5) is 10.2. The molecule has 0 fully saturated rings. The Morgan fingerprint density at radius 1 is 0.545 bits per heavy atom. The second-order valence-electron chi connectivity index (χ2n) is 18.8. The number of phenols is 1. The molecule has 0 aliphatic heterocycles. The monoisotopic (exact) mass is 1060 g/mol. The minimum Gasteiger partial charge on any atom is -0.507 e. The number of phenolic OH excluding ortho intramolecular Hbond substituents is 1. The Bertz CT molecular complexity index is 3630. The average Bonchev–Trinajstić information content (AvgIpc) is 3.93. The van der Waals surface area contributed by atoms with Crippen molar-refractivity contribution in [2.75, 3.05) is 0 Å². The van der Waals surface area contributed by atoms with Gasteiger partial charge >= 0.3 is 0 Å². The number of imidazole rings is 1. The van der Waals surface area contributed by atoms with Crippen LogP contribution in [0.1, 0.15) is 101 Å². The second kappa shape index (κ2) is 17.8. The van der Waals surface area contributed by atoms with Gasteiger partial charge in [-0.05, 0) is 97.9 Å². The normalized spacial score (nSPS) is 15.5. The van der Waals surface area contributed by atoms with Crippen molar-refractivity contribution in [3.05, 3.63) is 192 Å². The molecule has 0 spiro atoms. The van der Waals surface area contributed by atoms with Gasteiger partial charge in [-0.15, -0.1) is 23.8 Å². The predicted molar refractivity (Wildman–Crippen MR) is 273 cm³/mol. The van der Waals surface area contributed by atoms with E-state index in [2.05, 4.69) is 26.8 Å². The van der Waals surface area contributed by atoms with E-state index in [1.807, 2.05) is 147 Å².